The van der Waals surface area contributed by atoms with Crippen molar-refractivity contribution in [1.29, 1.82) is 0 Å². The lowest BCUT2D eigenvalue weighted by molar-refractivity contribution is 0.0195. The summed E-state index contributed by atoms with van der Waals surface area (Å²) in [6.07, 6.45) is 1.22. The van der Waals surface area contributed by atoms with E-state index in [9.17, 15) is 0 Å². The van der Waals surface area contributed by atoms with Gasteiger partial charge in [0.15, 0.2) is 5.96 Å². The molecule has 1 unspecified atom stereocenters. The highest BCUT2D eigenvalue weighted by Gasteiger charge is 2.31. The summed E-state index contributed by atoms with van der Waals surface area (Å²) < 4.78 is 5.48. The third-order valence-corrected chi connectivity index (χ3v) is 6.35. The molecule has 2 aliphatic rings. The largest absolute Gasteiger partial charge is 0.379 e. The van der Waals surface area contributed by atoms with E-state index in [1.807, 2.05) is 18.4 Å². The Morgan fingerprint density at radius 3 is 2.83 bits per heavy atom. The van der Waals surface area contributed by atoms with Gasteiger partial charge >= 0.3 is 0 Å². The molecule has 0 bridgehead atoms. The molecule has 0 aliphatic carbocycles. The number of rotatable bonds is 4. The predicted octanol–water partition coefficient (Wildman–Crippen LogP) is 2.01. The van der Waals surface area contributed by atoms with Crippen molar-refractivity contribution >= 4 is 17.3 Å². The minimum atomic E-state index is 0.118. The Balaban J connectivity index is 1.53. The summed E-state index contributed by atoms with van der Waals surface area (Å²) in [6.45, 7) is 11.5. The minimum absolute atomic E-state index is 0.118. The van der Waals surface area contributed by atoms with Crippen LogP contribution in [0.1, 0.15) is 25.1 Å². The fourth-order valence-corrected chi connectivity index (χ4v) is 4.41. The third-order valence-electron chi connectivity index (χ3n) is 5.11. The summed E-state index contributed by atoms with van der Waals surface area (Å²) in [5.41, 5.74) is 0.118. The molecule has 1 atom stereocenters. The van der Waals surface area contributed by atoms with Crippen LogP contribution in [0.4, 0.5) is 0 Å². The Kier molecular flexibility index (Phi) is 5.79. The standard InChI is InChI=1S/C18H30N4OS/c1-18(2,16-5-4-12-24-16)14-20-17(19-3)22-7-6-15(13-22)21-8-10-23-11-9-21/h4-5,12,15H,6-11,13-14H2,1-3H3,(H,19,20). The predicted molar refractivity (Wildman–Crippen MR) is 101 cm³/mol. The fraction of sp³-hybridized carbons (Fsp3) is 0.722. The van der Waals surface area contributed by atoms with Crippen LogP contribution in [-0.2, 0) is 10.2 Å². The van der Waals surface area contributed by atoms with Gasteiger partial charge in [0.25, 0.3) is 0 Å². The number of hydrogen-bond donors (Lipinski definition) is 1. The van der Waals surface area contributed by atoms with Crippen molar-refractivity contribution in [2.75, 3.05) is 53.0 Å². The topological polar surface area (TPSA) is 40.1 Å². The molecule has 2 saturated heterocycles. The molecule has 2 aliphatic heterocycles. The van der Waals surface area contributed by atoms with Crippen LogP contribution >= 0.6 is 11.3 Å². The Labute approximate surface area is 149 Å². The lowest BCUT2D eigenvalue weighted by Gasteiger charge is -2.32. The Morgan fingerprint density at radius 2 is 2.17 bits per heavy atom. The van der Waals surface area contributed by atoms with Crippen molar-refractivity contribution < 1.29 is 4.74 Å². The number of hydrogen-bond acceptors (Lipinski definition) is 4. The molecule has 1 aromatic rings. The summed E-state index contributed by atoms with van der Waals surface area (Å²) in [4.78, 5) is 10.9. The van der Waals surface area contributed by atoms with Gasteiger partial charge in [-0.25, -0.2) is 0 Å². The molecule has 5 nitrogen and oxygen atoms in total. The number of nitrogens with one attached hydrogen (secondary N) is 1. The van der Waals surface area contributed by atoms with E-state index >= 15 is 0 Å². The maximum atomic E-state index is 5.48. The van der Waals surface area contributed by atoms with E-state index in [1.165, 1.54) is 11.3 Å². The van der Waals surface area contributed by atoms with Gasteiger partial charge in [0.2, 0.25) is 0 Å². The first-order valence-corrected chi connectivity index (χ1v) is 9.79. The smallest absolute Gasteiger partial charge is 0.193 e. The van der Waals surface area contributed by atoms with Crippen molar-refractivity contribution in [1.82, 2.24) is 15.1 Å². The zero-order valence-corrected chi connectivity index (χ0v) is 15.9. The van der Waals surface area contributed by atoms with Crippen LogP contribution in [0.15, 0.2) is 22.5 Å². The zero-order valence-electron chi connectivity index (χ0n) is 15.1. The summed E-state index contributed by atoms with van der Waals surface area (Å²) >= 11 is 1.83. The van der Waals surface area contributed by atoms with Gasteiger partial charge in [-0.2, -0.15) is 0 Å². The second-order valence-corrected chi connectivity index (χ2v) is 8.25. The van der Waals surface area contributed by atoms with Crippen molar-refractivity contribution in [2.45, 2.75) is 31.7 Å². The summed E-state index contributed by atoms with van der Waals surface area (Å²) in [6, 6.07) is 4.99. The quantitative estimate of drug-likeness (QED) is 0.666. The molecule has 6 heteroatoms. The lowest BCUT2D eigenvalue weighted by Crippen LogP contribution is -2.48. The number of morpholine rings is 1. The number of guanidine groups is 1. The molecule has 134 valence electrons. The molecule has 0 amide bonds. The molecule has 0 radical (unpaired) electrons. The molecule has 3 rings (SSSR count). The van der Waals surface area contributed by atoms with Gasteiger partial charge in [0.1, 0.15) is 0 Å². The monoisotopic (exact) mass is 350 g/mol. The van der Waals surface area contributed by atoms with Crippen molar-refractivity contribution in [2.24, 2.45) is 4.99 Å². The average molecular weight is 351 g/mol. The molecule has 0 spiro atoms. The van der Waals surface area contributed by atoms with Gasteiger partial charge in [-0.15, -0.1) is 11.3 Å². The van der Waals surface area contributed by atoms with E-state index in [-0.39, 0.29) is 5.41 Å². The molecule has 0 aromatic carbocycles. The van der Waals surface area contributed by atoms with Gasteiger partial charge in [0, 0.05) is 56.1 Å². The van der Waals surface area contributed by atoms with Crippen LogP contribution in [0.5, 0.6) is 0 Å². The van der Waals surface area contributed by atoms with Crippen LogP contribution in [0.2, 0.25) is 0 Å². The van der Waals surface area contributed by atoms with E-state index in [4.69, 9.17) is 4.74 Å². The number of aliphatic imine (C=N–C) groups is 1. The summed E-state index contributed by atoms with van der Waals surface area (Å²) in [5, 5.41) is 5.75. The average Bonchev–Trinajstić information content (AvgIpc) is 3.29. The number of likely N-dealkylation sites (tertiary alicyclic amines) is 1. The van der Waals surface area contributed by atoms with E-state index < -0.39 is 0 Å². The van der Waals surface area contributed by atoms with E-state index in [0.717, 1.165) is 51.9 Å². The molecule has 2 fully saturated rings. The molecule has 0 saturated carbocycles. The Bertz CT molecular complexity index is 537. The first-order chi connectivity index (χ1) is 11.6. The second-order valence-electron chi connectivity index (χ2n) is 7.30. The van der Waals surface area contributed by atoms with Gasteiger partial charge in [-0.1, -0.05) is 19.9 Å². The highest BCUT2D eigenvalue weighted by Crippen LogP contribution is 2.26. The normalized spacial score (nSPS) is 23.7. The molecule has 1 N–H and O–H groups in total. The van der Waals surface area contributed by atoms with Crippen LogP contribution in [0.25, 0.3) is 0 Å². The maximum absolute atomic E-state index is 5.48. The van der Waals surface area contributed by atoms with Gasteiger partial charge in [-0.3, -0.25) is 9.89 Å². The first-order valence-electron chi connectivity index (χ1n) is 8.91. The van der Waals surface area contributed by atoms with E-state index in [1.54, 1.807) is 0 Å². The van der Waals surface area contributed by atoms with E-state index in [2.05, 4.69) is 51.5 Å². The Morgan fingerprint density at radius 1 is 1.38 bits per heavy atom. The number of ether oxygens (including phenoxy) is 1. The fourth-order valence-electron chi connectivity index (χ4n) is 3.56. The van der Waals surface area contributed by atoms with Crippen LogP contribution in [0.3, 0.4) is 0 Å². The summed E-state index contributed by atoms with van der Waals surface area (Å²) in [7, 11) is 1.89. The maximum Gasteiger partial charge on any atom is 0.193 e. The highest BCUT2D eigenvalue weighted by atomic mass is 32.1. The lowest BCUT2D eigenvalue weighted by atomic mass is 9.91. The molecular formula is C18H30N4OS. The Hall–Kier alpha value is -1.11. The van der Waals surface area contributed by atoms with Gasteiger partial charge in [-0.05, 0) is 17.9 Å². The number of nitrogens with zero attached hydrogens (tertiary/aromatic N) is 3. The molecular weight excluding hydrogens is 320 g/mol. The van der Waals surface area contributed by atoms with Crippen LogP contribution in [-0.4, -0.2) is 74.8 Å². The van der Waals surface area contributed by atoms with Crippen molar-refractivity contribution in [3.05, 3.63) is 22.4 Å². The third kappa shape index (κ3) is 4.10. The number of thiophene rings is 1. The molecule has 1 aromatic heterocycles. The van der Waals surface area contributed by atoms with Crippen molar-refractivity contribution in [3.63, 3.8) is 0 Å². The highest BCUT2D eigenvalue weighted by molar-refractivity contribution is 7.10. The van der Waals surface area contributed by atoms with Crippen LogP contribution in [0, 0.1) is 0 Å². The van der Waals surface area contributed by atoms with Gasteiger partial charge in [0.05, 0.1) is 13.2 Å². The second kappa shape index (κ2) is 7.85. The molecule has 24 heavy (non-hydrogen) atoms. The minimum Gasteiger partial charge on any atom is -0.379 e. The first kappa shape index (κ1) is 17.7. The van der Waals surface area contributed by atoms with Gasteiger partial charge < -0.3 is 15.0 Å². The van der Waals surface area contributed by atoms with Crippen LogP contribution < -0.4 is 5.32 Å². The SMILES string of the molecule is CN=C(NCC(C)(C)c1cccs1)N1CCC(N2CCOCC2)C1. The zero-order chi connectivity index (χ0) is 17.0. The van der Waals surface area contributed by atoms with Crippen molar-refractivity contribution in [3.8, 4) is 0 Å². The summed E-state index contributed by atoms with van der Waals surface area (Å²) in [5.74, 6) is 1.04. The van der Waals surface area contributed by atoms with E-state index in [0.29, 0.717) is 6.04 Å². The molecule has 3 heterocycles.